The van der Waals surface area contributed by atoms with Gasteiger partial charge in [-0.3, -0.25) is 9.78 Å². The largest absolute Gasteiger partial charge is 0.348 e. The molecule has 1 amide bonds. The Bertz CT molecular complexity index is 1520. The average molecular weight is 599 g/mol. The first-order valence-electron chi connectivity index (χ1n) is 13.0. The number of H-pyrrole nitrogens is 1. The van der Waals surface area contributed by atoms with Gasteiger partial charge < -0.3 is 9.88 Å². The summed E-state index contributed by atoms with van der Waals surface area (Å²) in [5, 5.41) is 1.08. The van der Waals surface area contributed by atoms with Crippen LogP contribution >= 0.6 is 23.2 Å². The van der Waals surface area contributed by atoms with E-state index in [1.807, 2.05) is 42.5 Å². The third kappa shape index (κ3) is 6.55. The normalized spacial score (nSPS) is 17.1. The Labute approximate surface area is 244 Å². The van der Waals surface area contributed by atoms with Gasteiger partial charge in [-0.2, -0.15) is 4.31 Å². The number of sulfonamides is 1. The first-order chi connectivity index (χ1) is 19.3. The van der Waals surface area contributed by atoms with Crippen LogP contribution in [0.3, 0.4) is 0 Å². The quantitative estimate of drug-likeness (QED) is 0.287. The molecule has 0 bridgehead atoms. The maximum atomic E-state index is 13.7. The number of aromatic nitrogens is 3. The lowest BCUT2D eigenvalue weighted by atomic mass is 9.91. The van der Waals surface area contributed by atoms with Gasteiger partial charge in [-0.1, -0.05) is 41.4 Å². The summed E-state index contributed by atoms with van der Waals surface area (Å²) in [6.45, 7) is 0.774. The van der Waals surface area contributed by atoms with Crippen molar-refractivity contribution in [3.05, 3.63) is 112 Å². The predicted octanol–water partition coefficient (Wildman–Crippen LogP) is 5.17. The van der Waals surface area contributed by atoms with Crippen molar-refractivity contribution in [1.82, 2.24) is 24.2 Å². The number of rotatable bonds is 9. The molecule has 0 radical (unpaired) electrons. The van der Waals surface area contributed by atoms with Gasteiger partial charge in [0.2, 0.25) is 15.9 Å². The monoisotopic (exact) mass is 597 g/mol. The van der Waals surface area contributed by atoms with Gasteiger partial charge in [-0.05, 0) is 66.9 Å². The first-order valence-corrected chi connectivity index (χ1v) is 15.2. The Morgan fingerprint density at radius 2 is 1.73 bits per heavy atom. The molecule has 3 heterocycles. The van der Waals surface area contributed by atoms with Gasteiger partial charge in [0.05, 0.1) is 11.2 Å². The minimum atomic E-state index is -3.79. The zero-order valence-corrected chi connectivity index (χ0v) is 24.0. The van der Waals surface area contributed by atoms with Crippen molar-refractivity contribution < 1.29 is 13.2 Å². The van der Waals surface area contributed by atoms with Crippen molar-refractivity contribution in [2.24, 2.45) is 0 Å². The van der Waals surface area contributed by atoms with Crippen LogP contribution in [0.1, 0.15) is 35.7 Å². The van der Waals surface area contributed by atoms with E-state index >= 15 is 0 Å². The number of hydrogen-bond acceptors (Lipinski definition) is 5. The molecule has 1 N–H and O–H groups in total. The van der Waals surface area contributed by atoms with E-state index in [0.717, 1.165) is 17.0 Å². The molecule has 2 unspecified atom stereocenters. The van der Waals surface area contributed by atoms with Crippen LogP contribution < -0.4 is 0 Å². The van der Waals surface area contributed by atoms with Gasteiger partial charge in [0.15, 0.2) is 0 Å². The van der Waals surface area contributed by atoms with Crippen molar-refractivity contribution in [2.45, 2.75) is 36.1 Å². The molecule has 40 heavy (non-hydrogen) atoms. The number of benzene rings is 2. The van der Waals surface area contributed by atoms with E-state index in [2.05, 4.69) is 15.0 Å². The zero-order valence-electron chi connectivity index (χ0n) is 21.7. The van der Waals surface area contributed by atoms with E-state index in [1.54, 1.807) is 35.8 Å². The number of halogens is 2. The summed E-state index contributed by atoms with van der Waals surface area (Å²) in [7, 11) is -3.79. The number of aromatic amines is 1. The number of carbonyl (C=O) groups excluding carboxylic acids is 1. The summed E-state index contributed by atoms with van der Waals surface area (Å²) >= 11 is 12.1. The highest BCUT2D eigenvalue weighted by Gasteiger charge is 2.38. The van der Waals surface area contributed by atoms with Crippen molar-refractivity contribution in [3.63, 3.8) is 0 Å². The van der Waals surface area contributed by atoms with Crippen LogP contribution in [-0.2, 0) is 21.2 Å². The standard InChI is InChI=1S/C29H29Cl2N5O3S/c30-22-6-4-21(5-7-22)27(28-3-1-2-14-33-28)17-29(37)35-15-16-36(25(19-35)11-10-24-18-32-20-34-24)40(38,39)26-12-8-23(31)9-13-26/h1-9,12-14,18,20,25,27H,10-11,15-17,19H2,(H,32,34). The van der Waals surface area contributed by atoms with Crippen LogP contribution in [0.15, 0.2) is 90.3 Å². The summed E-state index contributed by atoms with van der Waals surface area (Å²) in [6, 6.07) is 18.9. The fraction of sp³-hybridized carbons (Fsp3) is 0.276. The third-order valence-corrected chi connectivity index (χ3v) is 9.67. The fourth-order valence-electron chi connectivity index (χ4n) is 5.08. The lowest BCUT2D eigenvalue weighted by Gasteiger charge is -2.41. The Balaban J connectivity index is 1.37. The summed E-state index contributed by atoms with van der Waals surface area (Å²) in [6.07, 6.45) is 6.38. The SMILES string of the molecule is O=C(CC(c1ccc(Cl)cc1)c1ccccn1)N1CCN(S(=O)(=O)c2ccc(Cl)cc2)C(CCc2cnc[nH]2)C1. The molecule has 1 saturated heterocycles. The molecular weight excluding hydrogens is 569 g/mol. The second-order valence-corrected chi connectivity index (χ2v) is 12.5. The van der Waals surface area contributed by atoms with Crippen LogP contribution in [0.5, 0.6) is 0 Å². The molecule has 1 fully saturated rings. The number of nitrogens with zero attached hydrogens (tertiary/aromatic N) is 4. The molecule has 2 aromatic heterocycles. The van der Waals surface area contributed by atoms with Crippen LogP contribution in [0, 0.1) is 0 Å². The lowest BCUT2D eigenvalue weighted by molar-refractivity contribution is -0.133. The van der Waals surface area contributed by atoms with E-state index in [1.165, 1.54) is 16.4 Å². The Hall–Kier alpha value is -3.24. The van der Waals surface area contributed by atoms with E-state index < -0.39 is 16.1 Å². The fourth-order valence-corrected chi connectivity index (χ4v) is 6.97. The Kier molecular flexibility index (Phi) is 8.85. The lowest BCUT2D eigenvalue weighted by Crippen LogP contribution is -2.56. The van der Waals surface area contributed by atoms with Gasteiger partial charge in [0.25, 0.3) is 0 Å². The van der Waals surface area contributed by atoms with E-state index in [9.17, 15) is 13.2 Å². The molecule has 4 aromatic rings. The number of carbonyl (C=O) groups is 1. The molecule has 2 atom stereocenters. The highest BCUT2D eigenvalue weighted by atomic mass is 35.5. The summed E-state index contributed by atoms with van der Waals surface area (Å²) in [5.74, 6) is -0.314. The van der Waals surface area contributed by atoms with Gasteiger partial charge in [-0.15, -0.1) is 0 Å². The Morgan fingerprint density at radius 3 is 2.38 bits per heavy atom. The summed E-state index contributed by atoms with van der Waals surface area (Å²) < 4.78 is 28.8. The van der Waals surface area contributed by atoms with Gasteiger partial charge in [0, 0.05) is 71.8 Å². The number of piperazine rings is 1. The summed E-state index contributed by atoms with van der Waals surface area (Å²) in [5.41, 5.74) is 2.64. The first kappa shape index (κ1) is 28.3. The van der Waals surface area contributed by atoms with Gasteiger partial charge in [0.1, 0.15) is 0 Å². The number of nitrogens with one attached hydrogen (secondary N) is 1. The van der Waals surface area contributed by atoms with Crippen LogP contribution in [-0.4, -0.2) is 64.2 Å². The molecule has 0 aliphatic carbocycles. The smallest absolute Gasteiger partial charge is 0.243 e. The molecule has 1 aliphatic rings. The number of imidazole rings is 1. The summed E-state index contributed by atoms with van der Waals surface area (Å²) in [4.78, 5) is 27.4. The van der Waals surface area contributed by atoms with Crippen molar-refractivity contribution in [1.29, 1.82) is 0 Å². The molecule has 0 spiro atoms. The highest BCUT2D eigenvalue weighted by Crippen LogP contribution is 2.30. The van der Waals surface area contributed by atoms with Gasteiger partial charge in [-0.25, -0.2) is 13.4 Å². The Morgan fingerprint density at radius 1 is 1.00 bits per heavy atom. The van der Waals surface area contributed by atoms with E-state index in [4.69, 9.17) is 23.2 Å². The highest BCUT2D eigenvalue weighted by molar-refractivity contribution is 7.89. The average Bonchev–Trinajstić information content (AvgIpc) is 3.50. The number of hydrogen-bond donors (Lipinski definition) is 1. The minimum absolute atomic E-state index is 0.0549. The van der Waals surface area contributed by atoms with E-state index in [0.29, 0.717) is 29.4 Å². The van der Waals surface area contributed by atoms with E-state index in [-0.39, 0.29) is 36.2 Å². The van der Waals surface area contributed by atoms with Crippen LogP contribution in [0.4, 0.5) is 0 Å². The minimum Gasteiger partial charge on any atom is -0.348 e. The van der Waals surface area contributed by atoms with Gasteiger partial charge >= 0.3 is 0 Å². The molecule has 208 valence electrons. The predicted molar refractivity (Wildman–Crippen MR) is 155 cm³/mol. The molecule has 2 aromatic carbocycles. The molecular formula is C29H29Cl2N5O3S. The van der Waals surface area contributed by atoms with Crippen molar-refractivity contribution in [2.75, 3.05) is 19.6 Å². The zero-order chi connectivity index (χ0) is 28.1. The molecule has 5 rings (SSSR count). The second-order valence-electron chi connectivity index (χ2n) is 9.74. The molecule has 11 heteroatoms. The molecule has 0 saturated carbocycles. The molecule has 8 nitrogen and oxygen atoms in total. The maximum Gasteiger partial charge on any atom is 0.243 e. The van der Waals surface area contributed by atoms with Crippen LogP contribution in [0.25, 0.3) is 0 Å². The van der Waals surface area contributed by atoms with Crippen molar-refractivity contribution >= 4 is 39.1 Å². The topological polar surface area (TPSA) is 99.3 Å². The number of amides is 1. The third-order valence-electron chi connectivity index (χ3n) is 7.20. The second kappa shape index (κ2) is 12.5. The maximum absolute atomic E-state index is 13.7. The number of aryl methyl sites for hydroxylation is 1. The van der Waals surface area contributed by atoms with Crippen molar-refractivity contribution in [3.8, 4) is 0 Å². The molecule has 1 aliphatic heterocycles. The number of pyridine rings is 1. The van der Waals surface area contributed by atoms with Crippen LogP contribution in [0.2, 0.25) is 10.0 Å².